The number of aldehydes is 1. The van der Waals surface area contributed by atoms with Crippen molar-refractivity contribution < 1.29 is 22.7 Å². The van der Waals surface area contributed by atoms with Crippen molar-refractivity contribution in [3.63, 3.8) is 0 Å². The number of ether oxygens (including phenoxy) is 1. The summed E-state index contributed by atoms with van der Waals surface area (Å²) in [6, 6.07) is 0. The van der Waals surface area contributed by atoms with Crippen molar-refractivity contribution in [1.82, 2.24) is 0 Å². The molecule has 0 saturated carbocycles. The lowest BCUT2D eigenvalue weighted by Crippen LogP contribution is -2.11. The molecule has 0 unspecified atom stereocenters. The fourth-order valence-corrected chi connectivity index (χ4v) is 1.49. The van der Waals surface area contributed by atoms with Gasteiger partial charge in [-0.15, -0.1) is 0 Å². The van der Waals surface area contributed by atoms with E-state index in [-0.39, 0.29) is 24.3 Å². The zero-order valence-corrected chi connectivity index (χ0v) is 9.20. The number of esters is 1. The maximum absolute atomic E-state index is 11.3. The highest BCUT2D eigenvalue weighted by molar-refractivity contribution is 7.73. The van der Waals surface area contributed by atoms with Crippen molar-refractivity contribution in [3.8, 4) is 0 Å². The zero-order valence-electron chi connectivity index (χ0n) is 8.38. The molecule has 0 aromatic heterocycles. The van der Waals surface area contributed by atoms with Crippen LogP contribution in [0.1, 0.15) is 12.8 Å². The zero-order chi connectivity index (χ0) is 12.0. The van der Waals surface area contributed by atoms with Gasteiger partial charge in [0, 0.05) is 12.8 Å². The van der Waals surface area contributed by atoms with Crippen molar-refractivity contribution in [2.45, 2.75) is 12.8 Å². The first-order chi connectivity index (χ1) is 7.65. The van der Waals surface area contributed by atoms with Crippen LogP contribution >= 0.6 is 0 Å². The van der Waals surface area contributed by atoms with Gasteiger partial charge in [-0.2, -0.15) is 8.42 Å². The van der Waals surface area contributed by atoms with Gasteiger partial charge in [-0.3, -0.25) is 0 Å². The molecule has 0 aromatic rings. The summed E-state index contributed by atoms with van der Waals surface area (Å²) in [4.78, 5) is 21.5. The Morgan fingerprint density at radius 1 is 1.44 bits per heavy atom. The van der Waals surface area contributed by atoms with E-state index in [9.17, 15) is 18.0 Å². The summed E-state index contributed by atoms with van der Waals surface area (Å²) in [5, 5.41) is 0. The van der Waals surface area contributed by atoms with Gasteiger partial charge in [0.05, 0.1) is 17.0 Å². The number of rotatable bonds is 4. The second-order valence-electron chi connectivity index (χ2n) is 2.99. The number of hydrogen-bond donors (Lipinski definition) is 0. The summed E-state index contributed by atoms with van der Waals surface area (Å²) >= 11 is 0. The molecule has 0 saturated heterocycles. The van der Waals surface area contributed by atoms with E-state index < -0.39 is 16.3 Å². The molecule has 1 rings (SSSR count). The molecule has 0 bridgehead atoms. The summed E-state index contributed by atoms with van der Waals surface area (Å²) < 4.78 is 25.9. The molecule has 0 fully saturated rings. The third-order valence-electron chi connectivity index (χ3n) is 1.89. The minimum absolute atomic E-state index is 0.0393. The van der Waals surface area contributed by atoms with E-state index in [1.54, 1.807) is 0 Å². The van der Waals surface area contributed by atoms with Crippen LogP contribution in [-0.4, -0.2) is 32.1 Å². The summed E-state index contributed by atoms with van der Waals surface area (Å²) in [5.41, 5.74) is 0.306. The molecular weight excluding hydrogens is 232 g/mol. The van der Waals surface area contributed by atoms with Crippen molar-refractivity contribution in [2.24, 2.45) is 0 Å². The lowest BCUT2D eigenvalue weighted by atomic mass is 10.1. The van der Waals surface area contributed by atoms with Gasteiger partial charge in [-0.05, 0) is 12.2 Å². The molecule has 0 spiro atoms. The van der Waals surface area contributed by atoms with Crippen molar-refractivity contribution in [2.75, 3.05) is 6.61 Å². The first-order valence-corrected chi connectivity index (χ1v) is 5.66. The van der Waals surface area contributed by atoms with Gasteiger partial charge in [0.2, 0.25) is 10.3 Å². The van der Waals surface area contributed by atoms with Crippen molar-refractivity contribution in [1.29, 1.82) is 0 Å². The molecule has 1 aliphatic carbocycles. The molecule has 16 heavy (non-hydrogen) atoms. The first kappa shape index (κ1) is 12.4. The number of hydrogen-bond acceptors (Lipinski definition) is 5. The molecule has 0 N–H and O–H groups in total. The van der Waals surface area contributed by atoms with Crippen LogP contribution in [0, 0.1) is 0 Å². The molecule has 1 aliphatic rings. The van der Waals surface area contributed by atoms with Gasteiger partial charge in [-0.1, -0.05) is 6.08 Å². The first-order valence-electron chi connectivity index (χ1n) is 4.59. The highest BCUT2D eigenvalue weighted by atomic mass is 32.2. The van der Waals surface area contributed by atoms with Gasteiger partial charge >= 0.3 is 5.97 Å². The molecule has 5 nitrogen and oxygen atoms in total. The van der Waals surface area contributed by atoms with Crippen LogP contribution in [0.2, 0.25) is 0 Å². The van der Waals surface area contributed by atoms with E-state index in [4.69, 9.17) is 4.74 Å². The largest absolute Gasteiger partial charge is 0.462 e. The minimum atomic E-state index is -2.25. The average Bonchev–Trinajstić information content (AvgIpc) is 2.29. The second-order valence-corrected chi connectivity index (χ2v) is 3.98. The Hall–Kier alpha value is -1.69. The van der Waals surface area contributed by atoms with Crippen LogP contribution in [0.25, 0.3) is 0 Å². The normalized spacial score (nSPS) is 14.2. The maximum Gasteiger partial charge on any atom is 0.337 e. The van der Waals surface area contributed by atoms with Gasteiger partial charge in [0.25, 0.3) is 0 Å². The minimum Gasteiger partial charge on any atom is -0.462 e. The highest BCUT2D eigenvalue weighted by Crippen LogP contribution is 2.09. The van der Waals surface area contributed by atoms with Gasteiger partial charge in [-0.25, -0.2) is 4.79 Å². The number of allylic oxidation sites excluding steroid dienone is 2. The number of carbonyl (C=O) groups excluding carboxylic acids is 2. The summed E-state index contributed by atoms with van der Waals surface area (Å²) in [7, 11) is -2.25. The van der Waals surface area contributed by atoms with E-state index in [1.165, 1.54) is 18.2 Å². The molecule has 0 atom stereocenters. The average molecular weight is 242 g/mol. The lowest BCUT2D eigenvalue weighted by Gasteiger charge is -2.06. The molecule has 0 aliphatic heterocycles. The summed E-state index contributed by atoms with van der Waals surface area (Å²) in [6.45, 7) is 0.0393. The monoisotopic (exact) mass is 242 g/mol. The Kier molecular flexibility index (Phi) is 4.65. The highest BCUT2D eigenvalue weighted by Gasteiger charge is 2.12. The van der Waals surface area contributed by atoms with Crippen LogP contribution in [0.15, 0.2) is 23.8 Å². The van der Waals surface area contributed by atoms with Crippen LogP contribution in [0.5, 0.6) is 0 Å². The standard InChI is InChI=1S/C10H10O5S/c11-6-1-7-15-10(12)8-2-4-9(5-3-8)16(13)14/h2-4,6H,1,5,7H2. The fraction of sp³-hybridized carbons (Fsp3) is 0.300. The van der Waals surface area contributed by atoms with Crippen LogP contribution in [0.4, 0.5) is 0 Å². The van der Waals surface area contributed by atoms with Gasteiger partial charge in [0.15, 0.2) is 0 Å². The maximum atomic E-state index is 11.3. The predicted molar refractivity (Wildman–Crippen MR) is 57.4 cm³/mol. The third kappa shape index (κ3) is 3.47. The molecule has 86 valence electrons. The van der Waals surface area contributed by atoms with E-state index in [0.717, 1.165) is 0 Å². The van der Waals surface area contributed by atoms with Crippen LogP contribution < -0.4 is 0 Å². The van der Waals surface area contributed by atoms with E-state index in [2.05, 4.69) is 0 Å². The molecule has 0 heterocycles. The van der Waals surface area contributed by atoms with E-state index in [0.29, 0.717) is 11.9 Å². The fourth-order valence-electron chi connectivity index (χ4n) is 1.09. The molecule has 0 aromatic carbocycles. The molecular formula is C10H10O5S. The van der Waals surface area contributed by atoms with Crippen LogP contribution in [0.3, 0.4) is 0 Å². The SMILES string of the molecule is O=CCCOC(=O)C1=CCC(=S(=O)=O)C=C1. The molecule has 0 radical (unpaired) electrons. The van der Waals surface area contributed by atoms with E-state index >= 15 is 0 Å². The predicted octanol–water partition coefficient (Wildman–Crippen LogP) is 0.0564. The van der Waals surface area contributed by atoms with Crippen LogP contribution in [-0.2, 0) is 24.6 Å². The summed E-state index contributed by atoms with van der Waals surface area (Å²) in [6.07, 6.45) is 5.23. The van der Waals surface area contributed by atoms with Gasteiger partial charge < -0.3 is 9.53 Å². The topological polar surface area (TPSA) is 77.5 Å². The Bertz CT molecular complexity index is 473. The Morgan fingerprint density at radius 2 is 2.19 bits per heavy atom. The Morgan fingerprint density at radius 3 is 2.69 bits per heavy atom. The van der Waals surface area contributed by atoms with Crippen molar-refractivity contribution >= 4 is 27.4 Å². The third-order valence-corrected chi connectivity index (χ3v) is 2.62. The molecule has 0 amide bonds. The quantitative estimate of drug-likeness (QED) is 0.301. The Balaban J connectivity index is 2.59. The van der Waals surface area contributed by atoms with Crippen molar-refractivity contribution in [3.05, 3.63) is 23.8 Å². The Labute approximate surface area is 93.9 Å². The smallest absolute Gasteiger partial charge is 0.337 e. The summed E-state index contributed by atoms with van der Waals surface area (Å²) in [5.74, 6) is -0.547. The van der Waals surface area contributed by atoms with Gasteiger partial charge in [0.1, 0.15) is 6.29 Å². The second kappa shape index (κ2) is 6.02. The lowest BCUT2D eigenvalue weighted by molar-refractivity contribution is -0.138. The van der Waals surface area contributed by atoms with E-state index in [1.807, 2.05) is 0 Å². The molecule has 6 heteroatoms. The number of carbonyl (C=O) groups is 2.